The summed E-state index contributed by atoms with van der Waals surface area (Å²) in [6.45, 7) is 3.88. The van der Waals surface area contributed by atoms with Gasteiger partial charge in [-0.25, -0.2) is 0 Å². The lowest BCUT2D eigenvalue weighted by Gasteiger charge is -2.37. The monoisotopic (exact) mass is 345 g/mol. The molecule has 0 saturated carbocycles. The molecule has 1 saturated heterocycles. The number of halogens is 1. The van der Waals surface area contributed by atoms with Gasteiger partial charge < -0.3 is 9.80 Å². The molecule has 1 aliphatic rings. The lowest BCUT2D eigenvalue weighted by Crippen LogP contribution is -2.46. The number of carbonyl (C=O) groups is 1. The molecular weight excluding hydrogens is 330 g/mol. The van der Waals surface area contributed by atoms with Gasteiger partial charge in [0.1, 0.15) is 5.69 Å². The van der Waals surface area contributed by atoms with E-state index in [9.17, 15) is 4.79 Å². The average Bonchev–Trinajstić information content (AvgIpc) is 2.56. The molecule has 1 fully saturated rings. The van der Waals surface area contributed by atoms with E-state index >= 15 is 0 Å². The third kappa shape index (κ3) is 3.24. The smallest absolute Gasteiger partial charge is 0.168 e. The number of benzene rings is 1. The number of pyridine rings is 1. The van der Waals surface area contributed by atoms with Crippen LogP contribution >= 0.6 is 15.9 Å². The molecule has 0 N–H and O–H groups in total. The molecule has 0 radical (unpaired) electrons. The molecule has 1 aliphatic heterocycles. The van der Waals surface area contributed by atoms with E-state index in [1.165, 1.54) is 5.69 Å². The fraction of sp³-hybridized carbons (Fsp3) is 0.250. The molecule has 3 rings (SSSR count). The van der Waals surface area contributed by atoms with Crippen molar-refractivity contribution in [3.05, 3.63) is 52.8 Å². The number of hydrogen-bond acceptors (Lipinski definition) is 4. The van der Waals surface area contributed by atoms with Crippen molar-refractivity contribution in [3.63, 3.8) is 0 Å². The minimum absolute atomic E-state index is 0.479. The van der Waals surface area contributed by atoms with Crippen LogP contribution in [0.2, 0.25) is 0 Å². The van der Waals surface area contributed by atoms with Crippen molar-refractivity contribution in [2.75, 3.05) is 36.0 Å². The third-order valence-corrected chi connectivity index (χ3v) is 4.26. The lowest BCUT2D eigenvalue weighted by molar-refractivity contribution is 0.111. The maximum absolute atomic E-state index is 10.6. The molecule has 5 heteroatoms. The molecule has 2 heterocycles. The number of piperazine rings is 1. The van der Waals surface area contributed by atoms with Gasteiger partial charge in [-0.15, -0.1) is 0 Å². The molecule has 0 unspecified atom stereocenters. The van der Waals surface area contributed by atoms with Crippen molar-refractivity contribution in [1.29, 1.82) is 0 Å². The van der Waals surface area contributed by atoms with Gasteiger partial charge in [0.25, 0.3) is 0 Å². The highest BCUT2D eigenvalue weighted by Gasteiger charge is 2.17. The van der Waals surface area contributed by atoms with Crippen LogP contribution in [0.15, 0.2) is 47.1 Å². The van der Waals surface area contributed by atoms with Gasteiger partial charge in [0.15, 0.2) is 6.29 Å². The number of carbonyl (C=O) groups excluding carboxylic acids is 1. The minimum Gasteiger partial charge on any atom is -0.368 e. The first-order chi connectivity index (χ1) is 10.3. The van der Waals surface area contributed by atoms with Gasteiger partial charge in [-0.1, -0.05) is 15.9 Å². The highest BCUT2D eigenvalue weighted by atomic mass is 79.9. The Morgan fingerprint density at radius 1 is 0.905 bits per heavy atom. The van der Waals surface area contributed by atoms with Crippen molar-refractivity contribution in [2.45, 2.75) is 0 Å². The number of aldehydes is 1. The van der Waals surface area contributed by atoms with E-state index in [0.29, 0.717) is 5.69 Å². The van der Waals surface area contributed by atoms with Crippen molar-refractivity contribution in [1.82, 2.24) is 4.98 Å². The Kier molecular flexibility index (Phi) is 4.20. The van der Waals surface area contributed by atoms with E-state index in [-0.39, 0.29) is 0 Å². The first-order valence-electron chi connectivity index (χ1n) is 6.93. The Bertz CT molecular complexity index is 604. The van der Waals surface area contributed by atoms with Gasteiger partial charge in [-0.3, -0.25) is 9.78 Å². The Labute approximate surface area is 132 Å². The van der Waals surface area contributed by atoms with E-state index in [4.69, 9.17) is 0 Å². The molecule has 2 aromatic rings. The Morgan fingerprint density at radius 2 is 1.48 bits per heavy atom. The summed E-state index contributed by atoms with van der Waals surface area (Å²) in [5.74, 6) is 0. The van der Waals surface area contributed by atoms with Crippen molar-refractivity contribution in [2.24, 2.45) is 0 Å². The van der Waals surface area contributed by atoms with Gasteiger partial charge in [0.05, 0.1) is 11.9 Å². The maximum Gasteiger partial charge on any atom is 0.168 e. The third-order valence-electron chi connectivity index (χ3n) is 3.73. The lowest BCUT2D eigenvalue weighted by atomic mass is 10.2. The summed E-state index contributed by atoms with van der Waals surface area (Å²) in [7, 11) is 0. The number of nitrogens with zero attached hydrogens (tertiary/aromatic N) is 3. The largest absolute Gasteiger partial charge is 0.368 e. The summed E-state index contributed by atoms with van der Waals surface area (Å²) < 4.78 is 1.10. The molecule has 108 valence electrons. The van der Waals surface area contributed by atoms with Gasteiger partial charge in [-0.05, 0) is 36.4 Å². The average molecular weight is 346 g/mol. The topological polar surface area (TPSA) is 36.4 Å². The van der Waals surface area contributed by atoms with Crippen molar-refractivity contribution in [3.8, 4) is 0 Å². The van der Waals surface area contributed by atoms with Crippen LogP contribution in [-0.2, 0) is 0 Å². The van der Waals surface area contributed by atoms with Crippen molar-refractivity contribution >= 4 is 33.6 Å². The molecule has 0 atom stereocenters. The van der Waals surface area contributed by atoms with Crippen LogP contribution in [0.1, 0.15) is 10.5 Å². The molecule has 1 aromatic heterocycles. The first-order valence-corrected chi connectivity index (χ1v) is 7.72. The number of aromatic nitrogens is 1. The normalized spacial score (nSPS) is 15.1. The molecule has 0 aliphatic carbocycles. The second-order valence-corrected chi connectivity index (χ2v) is 5.93. The zero-order chi connectivity index (χ0) is 14.7. The highest BCUT2D eigenvalue weighted by molar-refractivity contribution is 9.10. The van der Waals surface area contributed by atoms with Crippen LogP contribution in [0.4, 0.5) is 11.4 Å². The summed E-state index contributed by atoms with van der Waals surface area (Å²) in [5, 5.41) is 0. The molecule has 0 spiro atoms. The Morgan fingerprint density at radius 3 is 2.00 bits per heavy atom. The van der Waals surface area contributed by atoms with Gasteiger partial charge >= 0.3 is 0 Å². The van der Waals surface area contributed by atoms with Gasteiger partial charge in [-0.2, -0.15) is 0 Å². The van der Waals surface area contributed by atoms with Crippen LogP contribution in [0, 0.1) is 0 Å². The predicted octanol–water partition coefficient (Wildman–Crippen LogP) is 2.98. The molecule has 1 aromatic carbocycles. The van der Waals surface area contributed by atoms with E-state index in [1.807, 2.05) is 6.07 Å². The molecule has 0 amide bonds. The van der Waals surface area contributed by atoms with Crippen LogP contribution < -0.4 is 9.80 Å². The molecular formula is C16H16BrN3O. The Balaban J connectivity index is 1.64. The summed E-state index contributed by atoms with van der Waals surface area (Å²) in [6, 6.07) is 12.2. The summed E-state index contributed by atoms with van der Waals surface area (Å²) >= 11 is 3.46. The van der Waals surface area contributed by atoms with E-state index in [0.717, 1.165) is 42.6 Å². The first kappa shape index (κ1) is 14.1. The molecule has 4 nitrogen and oxygen atoms in total. The molecule has 21 heavy (non-hydrogen) atoms. The van der Waals surface area contributed by atoms with Gasteiger partial charge in [0, 0.05) is 36.3 Å². The predicted molar refractivity (Wildman–Crippen MR) is 88.2 cm³/mol. The number of anilines is 2. The second-order valence-electron chi connectivity index (χ2n) is 5.01. The van der Waals surface area contributed by atoms with E-state index in [2.05, 4.69) is 55.0 Å². The fourth-order valence-corrected chi connectivity index (χ4v) is 2.79. The van der Waals surface area contributed by atoms with Crippen LogP contribution in [0.5, 0.6) is 0 Å². The zero-order valence-corrected chi connectivity index (χ0v) is 13.2. The second kappa shape index (κ2) is 6.26. The minimum atomic E-state index is 0.479. The summed E-state index contributed by atoms with van der Waals surface area (Å²) in [5.41, 5.74) is 2.82. The fourth-order valence-electron chi connectivity index (χ4n) is 2.53. The van der Waals surface area contributed by atoms with Crippen LogP contribution in [0.25, 0.3) is 0 Å². The standard InChI is InChI=1S/C16H16BrN3O/c17-13-1-4-15(5-2-13)19-7-9-20(10-8-19)16-6-3-14(12-21)18-11-16/h1-6,11-12H,7-10H2. The van der Waals surface area contributed by atoms with Crippen LogP contribution in [-0.4, -0.2) is 37.4 Å². The zero-order valence-electron chi connectivity index (χ0n) is 11.6. The quantitative estimate of drug-likeness (QED) is 0.801. The van der Waals surface area contributed by atoms with E-state index in [1.54, 1.807) is 12.3 Å². The van der Waals surface area contributed by atoms with E-state index < -0.39 is 0 Å². The van der Waals surface area contributed by atoms with Gasteiger partial charge in [0.2, 0.25) is 0 Å². The summed E-state index contributed by atoms with van der Waals surface area (Å²) in [4.78, 5) is 19.5. The Hall–Kier alpha value is -1.88. The molecule has 0 bridgehead atoms. The highest BCUT2D eigenvalue weighted by Crippen LogP contribution is 2.21. The number of rotatable bonds is 3. The number of hydrogen-bond donors (Lipinski definition) is 0. The summed E-state index contributed by atoms with van der Waals surface area (Å²) in [6.07, 6.45) is 2.55. The maximum atomic E-state index is 10.6. The van der Waals surface area contributed by atoms with Crippen LogP contribution in [0.3, 0.4) is 0 Å². The SMILES string of the molecule is O=Cc1ccc(N2CCN(c3ccc(Br)cc3)CC2)cn1. The van der Waals surface area contributed by atoms with Crippen molar-refractivity contribution < 1.29 is 4.79 Å².